The number of aliphatic hydroxyl groups is 1. The summed E-state index contributed by atoms with van der Waals surface area (Å²) >= 11 is 0. The van der Waals surface area contributed by atoms with Crippen LogP contribution in [0.15, 0.2) is 24.3 Å². The molecule has 0 aromatic heterocycles. The number of benzene rings is 1. The van der Waals surface area contributed by atoms with Gasteiger partial charge in [0.05, 0.1) is 13.7 Å². The molecule has 0 bridgehead atoms. The van der Waals surface area contributed by atoms with Crippen molar-refractivity contribution in [3.63, 3.8) is 0 Å². The molecule has 106 valence electrons. The number of hydrogen-bond donors (Lipinski definition) is 1. The quantitative estimate of drug-likeness (QED) is 0.886. The van der Waals surface area contributed by atoms with Crippen LogP contribution >= 0.6 is 0 Å². The maximum absolute atomic E-state index is 12.3. The van der Waals surface area contributed by atoms with Gasteiger partial charge in [0.1, 0.15) is 5.75 Å². The Morgan fingerprint density at radius 1 is 1.32 bits per heavy atom. The van der Waals surface area contributed by atoms with Crippen LogP contribution in [0.1, 0.15) is 26.3 Å². The Morgan fingerprint density at radius 2 is 1.95 bits per heavy atom. The van der Waals surface area contributed by atoms with E-state index < -0.39 is 5.41 Å². The van der Waals surface area contributed by atoms with Gasteiger partial charge in [0.25, 0.3) is 0 Å². The van der Waals surface area contributed by atoms with E-state index in [0.29, 0.717) is 13.1 Å². The Balaban J connectivity index is 2.93. The van der Waals surface area contributed by atoms with Gasteiger partial charge in [-0.2, -0.15) is 0 Å². The lowest BCUT2D eigenvalue weighted by Crippen LogP contribution is -2.40. The van der Waals surface area contributed by atoms with Crippen molar-refractivity contribution in [1.29, 1.82) is 0 Å². The lowest BCUT2D eigenvalue weighted by atomic mass is 9.94. The molecular weight excluding hydrogens is 242 g/mol. The Morgan fingerprint density at radius 3 is 2.47 bits per heavy atom. The van der Waals surface area contributed by atoms with Gasteiger partial charge in [-0.15, -0.1) is 0 Å². The number of rotatable bonds is 5. The lowest BCUT2D eigenvalue weighted by molar-refractivity contribution is -0.140. The van der Waals surface area contributed by atoms with Crippen molar-refractivity contribution in [3.05, 3.63) is 29.8 Å². The monoisotopic (exact) mass is 265 g/mol. The number of aliphatic hydroxyl groups excluding tert-OH is 1. The van der Waals surface area contributed by atoms with Crippen molar-refractivity contribution in [2.75, 3.05) is 20.3 Å². The summed E-state index contributed by atoms with van der Waals surface area (Å²) in [6, 6.07) is 7.61. The first-order valence-electron chi connectivity index (χ1n) is 6.42. The molecule has 19 heavy (non-hydrogen) atoms. The molecule has 1 rings (SSSR count). The highest BCUT2D eigenvalue weighted by atomic mass is 16.5. The minimum absolute atomic E-state index is 0.0208. The van der Waals surface area contributed by atoms with Crippen LogP contribution in [0.2, 0.25) is 0 Å². The van der Waals surface area contributed by atoms with Crippen LogP contribution in [-0.2, 0) is 11.3 Å². The molecule has 0 saturated heterocycles. The summed E-state index contributed by atoms with van der Waals surface area (Å²) in [5.41, 5.74) is 0.480. The first kappa shape index (κ1) is 15.5. The van der Waals surface area contributed by atoms with E-state index in [2.05, 4.69) is 0 Å². The number of ether oxygens (including phenoxy) is 1. The van der Waals surface area contributed by atoms with Gasteiger partial charge >= 0.3 is 0 Å². The third-order valence-electron chi connectivity index (χ3n) is 2.85. The number of amides is 1. The van der Waals surface area contributed by atoms with E-state index in [1.165, 1.54) is 0 Å². The molecule has 0 heterocycles. The Labute approximate surface area is 115 Å². The number of carbonyl (C=O) groups is 1. The van der Waals surface area contributed by atoms with Crippen LogP contribution in [0.3, 0.4) is 0 Å². The van der Waals surface area contributed by atoms with E-state index in [4.69, 9.17) is 9.84 Å². The molecule has 1 aromatic carbocycles. The third-order valence-corrected chi connectivity index (χ3v) is 2.85. The van der Waals surface area contributed by atoms with Gasteiger partial charge in [-0.1, -0.05) is 39.0 Å². The highest BCUT2D eigenvalue weighted by Crippen LogP contribution is 2.23. The van der Waals surface area contributed by atoms with Crippen molar-refractivity contribution in [3.8, 4) is 5.75 Å². The summed E-state index contributed by atoms with van der Waals surface area (Å²) in [5.74, 6) is 0.777. The minimum atomic E-state index is -0.461. The molecule has 0 unspecified atom stereocenters. The fourth-order valence-corrected chi connectivity index (χ4v) is 1.89. The zero-order valence-corrected chi connectivity index (χ0v) is 12.1. The van der Waals surface area contributed by atoms with Crippen LogP contribution in [0.5, 0.6) is 5.75 Å². The third kappa shape index (κ3) is 4.24. The van der Waals surface area contributed by atoms with E-state index in [0.717, 1.165) is 11.3 Å². The number of para-hydroxylation sites is 1. The maximum atomic E-state index is 12.3. The van der Waals surface area contributed by atoms with Crippen molar-refractivity contribution in [1.82, 2.24) is 4.90 Å². The predicted octanol–water partition coefficient (Wildman–Crippen LogP) is 2.06. The van der Waals surface area contributed by atoms with Gasteiger partial charge in [-0.3, -0.25) is 4.79 Å². The number of methoxy groups -OCH3 is 1. The van der Waals surface area contributed by atoms with Crippen LogP contribution in [0, 0.1) is 5.41 Å². The molecule has 1 N–H and O–H groups in total. The largest absolute Gasteiger partial charge is 0.496 e. The minimum Gasteiger partial charge on any atom is -0.496 e. The van der Waals surface area contributed by atoms with E-state index in [1.54, 1.807) is 12.0 Å². The Kier molecular flexibility index (Phi) is 5.36. The topological polar surface area (TPSA) is 49.8 Å². The second-order valence-electron chi connectivity index (χ2n) is 5.51. The molecule has 0 saturated carbocycles. The van der Waals surface area contributed by atoms with E-state index in [-0.39, 0.29) is 12.5 Å². The van der Waals surface area contributed by atoms with Crippen LogP contribution < -0.4 is 4.74 Å². The number of nitrogens with zero attached hydrogens (tertiary/aromatic N) is 1. The lowest BCUT2D eigenvalue weighted by Gasteiger charge is -2.29. The van der Waals surface area contributed by atoms with Gasteiger partial charge in [0, 0.05) is 24.1 Å². The molecule has 0 radical (unpaired) electrons. The highest BCUT2D eigenvalue weighted by molar-refractivity contribution is 5.81. The molecule has 0 fully saturated rings. The van der Waals surface area contributed by atoms with E-state index in [9.17, 15) is 4.79 Å². The van der Waals surface area contributed by atoms with E-state index >= 15 is 0 Å². The van der Waals surface area contributed by atoms with Gasteiger partial charge in [-0.05, 0) is 6.07 Å². The van der Waals surface area contributed by atoms with Gasteiger partial charge in [0.15, 0.2) is 0 Å². The summed E-state index contributed by atoms with van der Waals surface area (Å²) in [6.45, 7) is 6.36. The number of carbonyl (C=O) groups excluding carboxylic acids is 1. The summed E-state index contributed by atoms with van der Waals surface area (Å²) in [4.78, 5) is 14.0. The van der Waals surface area contributed by atoms with Crippen molar-refractivity contribution in [2.24, 2.45) is 5.41 Å². The second-order valence-corrected chi connectivity index (χ2v) is 5.51. The van der Waals surface area contributed by atoms with E-state index in [1.807, 2.05) is 45.0 Å². The average molecular weight is 265 g/mol. The Bertz CT molecular complexity index is 424. The standard InChI is InChI=1S/C15H23NO3/c1-15(2,3)14(18)16(9-10-17)11-12-7-5-6-8-13(12)19-4/h5-8,17H,9-11H2,1-4H3. The van der Waals surface area contributed by atoms with Crippen molar-refractivity contribution >= 4 is 5.91 Å². The smallest absolute Gasteiger partial charge is 0.228 e. The summed E-state index contributed by atoms with van der Waals surface area (Å²) < 4.78 is 5.29. The van der Waals surface area contributed by atoms with Gasteiger partial charge in [0.2, 0.25) is 5.91 Å². The average Bonchev–Trinajstić information content (AvgIpc) is 2.37. The molecule has 0 atom stereocenters. The first-order valence-corrected chi connectivity index (χ1v) is 6.42. The SMILES string of the molecule is COc1ccccc1CN(CCO)C(=O)C(C)(C)C. The maximum Gasteiger partial charge on any atom is 0.228 e. The van der Waals surface area contributed by atoms with Gasteiger partial charge in [-0.25, -0.2) is 0 Å². The second kappa shape index (κ2) is 6.57. The van der Waals surface area contributed by atoms with Crippen LogP contribution in [0.4, 0.5) is 0 Å². The highest BCUT2D eigenvalue weighted by Gasteiger charge is 2.27. The normalized spacial score (nSPS) is 11.2. The van der Waals surface area contributed by atoms with Crippen molar-refractivity contribution < 1.29 is 14.6 Å². The summed E-state index contributed by atoms with van der Waals surface area (Å²) in [6.07, 6.45) is 0. The molecule has 0 aliphatic rings. The van der Waals surface area contributed by atoms with Crippen molar-refractivity contribution in [2.45, 2.75) is 27.3 Å². The predicted molar refractivity (Wildman–Crippen MR) is 75.0 cm³/mol. The zero-order chi connectivity index (χ0) is 14.5. The molecule has 0 aliphatic heterocycles. The molecule has 1 aromatic rings. The fourth-order valence-electron chi connectivity index (χ4n) is 1.89. The molecule has 0 aliphatic carbocycles. The van der Waals surface area contributed by atoms with Crippen LogP contribution in [0.25, 0.3) is 0 Å². The van der Waals surface area contributed by atoms with Gasteiger partial charge < -0.3 is 14.7 Å². The first-order chi connectivity index (χ1) is 8.90. The molecular formula is C15H23NO3. The number of hydrogen-bond acceptors (Lipinski definition) is 3. The zero-order valence-electron chi connectivity index (χ0n) is 12.1. The Hall–Kier alpha value is -1.55. The molecule has 4 nitrogen and oxygen atoms in total. The molecule has 1 amide bonds. The fraction of sp³-hybridized carbons (Fsp3) is 0.533. The summed E-state index contributed by atoms with van der Waals surface area (Å²) in [5, 5.41) is 9.13. The molecule has 0 spiro atoms. The summed E-state index contributed by atoms with van der Waals surface area (Å²) in [7, 11) is 1.61. The molecule has 4 heteroatoms. The van der Waals surface area contributed by atoms with Crippen LogP contribution in [-0.4, -0.2) is 36.2 Å².